The van der Waals surface area contributed by atoms with E-state index in [0.29, 0.717) is 19.4 Å². The van der Waals surface area contributed by atoms with Gasteiger partial charge in [-0.25, -0.2) is 8.42 Å². The van der Waals surface area contributed by atoms with Gasteiger partial charge in [-0.2, -0.15) is 4.31 Å². The fraction of sp³-hybridized carbons (Fsp3) is 0.857. The molecule has 9 nitrogen and oxygen atoms in total. The van der Waals surface area contributed by atoms with Crippen LogP contribution < -0.4 is 10.6 Å². The van der Waals surface area contributed by atoms with Crippen LogP contribution in [0, 0.1) is 0 Å². The second-order valence-electron chi connectivity index (χ2n) is 6.82. The molecule has 2 amide bonds. The zero-order chi connectivity index (χ0) is 18.3. The summed E-state index contributed by atoms with van der Waals surface area (Å²) >= 11 is 0. The maximum Gasteiger partial charge on any atom is 0.243 e. The molecule has 2 rings (SSSR count). The van der Waals surface area contributed by atoms with Crippen molar-refractivity contribution < 1.29 is 23.1 Å². The molecule has 2 unspecified atom stereocenters. The molecular weight excluding hydrogens is 336 g/mol. The molecule has 0 aromatic heterocycles. The Morgan fingerprint density at radius 3 is 2.54 bits per heavy atom. The first kappa shape index (κ1) is 19.1. The van der Waals surface area contributed by atoms with Gasteiger partial charge in [0.25, 0.3) is 0 Å². The van der Waals surface area contributed by atoms with Gasteiger partial charge in [-0.15, -0.1) is 0 Å². The van der Waals surface area contributed by atoms with E-state index in [9.17, 15) is 23.1 Å². The van der Waals surface area contributed by atoms with Gasteiger partial charge in [0.05, 0.1) is 12.4 Å². The average Bonchev–Trinajstić information content (AvgIpc) is 2.87. The van der Waals surface area contributed by atoms with Crippen molar-refractivity contribution >= 4 is 21.8 Å². The molecule has 0 aromatic rings. The SMILES string of the molecule is C[C@@H](O)[C@H](NCC1CCC2(CNC2=O)N1S(C)(=O)=O)C(=O)N(C)C. The van der Waals surface area contributed by atoms with E-state index >= 15 is 0 Å². The molecule has 3 N–H and O–H groups in total. The van der Waals surface area contributed by atoms with Crippen molar-refractivity contribution in [1.29, 1.82) is 0 Å². The highest BCUT2D eigenvalue weighted by Gasteiger charge is 2.60. The number of aliphatic hydroxyl groups is 1. The first-order chi connectivity index (χ1) is 11.0. The Morgan fingerprint density at radius 2 is 2.17 bits per heavy atom. The number of sulfonamides is 1. The zero-order valence-corrected chi connectivity index (χ0v) is 15.3. The minimum Gasteiger partial charge on any atom is -0.391 e. The van der Waals surface area contributed by atoms with Crippen LogP contribution in [0.5, 0.6) is 0 Å². The largest absolute Gasteiger partial charge is 0.391 e. The second-order valence-corrected chi connectivity index (χ2v) is 8.68. The molecule has 138 valence electrons. The number of carbonyl (C=O) groups excluding carboxylic acids is 2. The Kier molecular flexibility index (Phi) is 5.24. The number of likely N-dealkylation sites (N-methyl/N-ethyl adjacent to an activating group) is 1. The third-order valence-electron chi connectivity index (χ3n) is 4.73. The lowest BCUT2D eigenvalue weighted by atomic mass is 9.90. The quantitative estimate of drug-likeness (QED) is 0.458. The van der Waals surface area contributed by atoms with E-state index in [1.165, 1.54) is 16.1 Å². The molecule has 24 heavy (non-hydrogen) atoms. The number of hydrogen-bond donors (Lipinski definition) is 3. The van der Waals surface area contributed by atoms with Crippen molar-refractivity contribution in [2.75, 3.05) is 33.4 Å². The number of nitrogens with zero attached hydrogens (tertiary/aromatic N) is 2. The third-order valence-corrected chi connectivity index (χ3v) is 6.09. The zero-order valence-electron chi connectivity index (χ0n) is 14.4. The van der Waals surface area contributed by atoms with Gasteiger partial charge >= 0.3 is 0 Å². The average molecular weight is 362 g/mol. The summed E-state index contributed by atoms with van der Waals surface area (Å²) in [6, 6.07) is -1.25. The number of hydrogen-bond acceptors (Lipinski definition) is 6. The number of amides is 2. The molecule has 0 radical (unpaired) electrons. The number of aliphatic hydroxyl groups excluding tert-OH is 1. The second kappa shape index (κ2) is 6.58. The molecule has 0 bridgehead atoms. The van der Waals surface area contributed by atoms with Crippen molar-refractivity contribution in [3.05, 3.63) is 0 Å². The maximum atomic E-state index is 12.2. The van der Waals surface area contributed by atoms with Gasteiger partial charge in [-0.1, -0.05) is 0 Å². The standard InChI is InChI=1S/C14H26N4O5S/c1-9(19)11(12(20)17(2)3)15-7-10-5-6-14(8-16-13(14)21)18(10)24(4,22)23/h9-11,15,19H,5-8H2,1-4H3,(H,16,21)/t9-,10?,11+,14?/m1/s1. The van der Waals surface area contributed by atoms with E-state index < -0.39 is 33.7 Å². The molecule has 4 atom stereocenters. The summed E-state index contributed by atoms with van der Waals surface area (Å²) in [4.78, 5) is 25.5. The highest BCUT2D eigenvalue weighted by Crippen LogP contribution is 2.39. The van der Waals surface area contributed by atoms with Crippen LogP contribution in [0.3, 0.4) is 0 Å². The lowest BCUT2D eigenvalue weighted by Gasteiger charge is -2.44. The lowest BCUT2D eigenvalue weighted by molar-refractivity contribution is -0.138. The van der Waals surface area contributed by atoms with Gasteiger partial charge in [-0.05, 0) is 19.8 Å². The summed E-state index contributed by atoms with van der Waals surface area (Å²) in [5, 5.41) is 15.4. The molecule has 2 saturated heterocycles. The van der Waals surface area contributed by atoms with Crippen molar-refractivity contribution in [2.45, 2.75) is 43.5 Å². The van der Waals surface area contributed by atoms with Gasteiger partial charge in [0.15, 0.2) is 0 Å². The van der Waals surface area contributed by atoms with Gasteiger partial charge in [-0.3, -0.25) is 9.59 Å². The van der Waals surface area contributed by atoms with Crippen molar-refractivity contribution in [3.63, 3.8) is 0 Å². The van der Waals surface area contributed by atoms with E-state index in [2.05, 4.69) is 10.6 Å². The minimum absolute atomic E-state index is 0.192. The van der Waals surface area contributed by atoms with Gasteiger partial charge in [0.2, 0.25) is 21.8 Å². The van der Waals surface area contributed by atoms with E-state index in [1.807, 2.05) is 0 Å². The Hall–Kier alpha value is -1.23. The van der Waals surface area contributed by atoms with Crippen LogP contribution >= 0.6 is 0 Å². The Balaban J connectivity index is 2.14. The number of nitrogens with one attached hydrogen (secondary N) is 2. The molecular formula is C14H26N4O5S. The molecule has 10 heteroatoms. The van der Waals surface area contributed by atoms with E-state index in [4.69, 9.17) is 0 Å². The first-order valence-electron chi connectivity index (χ1n) is 7.91. The van der Waals surface area contributed by atoms with Crippen LogP contribution in [0.4, 0.5) is 0 Å². The lowest BCUT2D eigenvalue weighted by Crippen LogP contribution is -2.72. The predicted molar refractivity (Wildman–Crippen MR) is 87.6 cm³/mol. The van der Waals surface area contributed by atoms with Gasteiger partial charge < -0.3 is 20.6 Å². The number of carbonyl (C=O) groups is 2. The molecule has 0 saturated carbocycles. The molecule has 0 aliphatic carbocycles. The maximum absolute atomic E-state index is 12.2. The van der Waals surface area contributed by atoms with Crippen LogP contribution in [0.15, 0.2) is 0 Å². The molecule has 0 aromatic carbocycles. The predicted octanol–water partition coefficient (Wildman–Crippen LogP) is -2.29. The van der Waals surface area contributed by atoms with E-state index in [-0.39, 0.29) is 18.4 Å². The highest BCUT2D eigenvalue weighted by atomic mass is 32.2. The minimum atomic E-state index is -3.58. The number of β-lactam (4-membered cyclic amide) rings is 1. The summed E-state index contributed by atoms with van der Waals surface area (Å²) in [5.41, 5.74) is -0.994. The van der Waals surface area contributed by atoms with Crippen LogP contribution in [-0.2, 0) is 19.6 Å². The monoisotopic (exact) mass is 362 g/mol. The molecule has 2 aliphatic heterocycles. The molecule has 2 fully saturated rings. The molecule has 2 aliphatic rings. The third kappa shape index (κ3) is 3.28. The van der Waals surface area contributed by atoms with Gasteiger partial charge in [0, 0.05) is 33.2 Å². The van der Waals surface area contributed by atoms with Crippen LogP contribution in [0.1, 0.15) is 19.8 Å². The van der Waals surface area contributed by atoms with E-state index in [0.717, 1.165) is 6.26 Å². The molecule has 1 spiro atoms. The van der Waals surface area contributed by atoms with Crippen molar-refractivity contribution in [2.24, 2.45) is 0 Å². The summed E-state index contributed by atoms with van der Waals surface area (Å²) in [5.74, 6) is -0.558. The summed E-state index contributed by atoms with van der Waals surface area (Å²) in [6.07, 6.45) is 1.15. The van der Waals surface area contributed by atoms with Crippen LogP contribution in [0.2, 0.25) is 0 Å². The summed E-state index contributed by atoms with van der Waals surface area (Å²) in [7, 11) is -0.406. The fourth-order valence-corrected chi connectivity index (χ4v) is 5.10. The van der Waals surface area contributed by atoms with Crippen LogP contribution in [-0.4, -0.2) is 91.7 Å². The Labute approximate surface area is 142 Å². The smallest absolute Gasteiger partial charge is 0.243 e. The Morgan fingerprint density at radius 1 is 1.54 bits per heavy atom. The van der Waals surface area contributed by atoms with E-state index in [1.54, 1.807) is 14.1 Å². The van der Waals surface area contributed by atoms with Crippen molar-refractivity contribution in [1.82, 2.24) is 19.8 Å². The highest BCUT2D eigenvalue weighted by molar-refractivity contribution is 7.88. The summed E-state index contributed by atoms with van der Waals surface area (Å²) in [6.45, 7) is 2.01. The van der Waals surface area contributed by atoms with Crippen molar-refractivity contribution in [3.8, 4) is 0 Å². The first-order valence-corrected chi connectivity index (χ1v) is 9.76. The summed E-state index contributed by atoms with van der Waals surface area (Å²) < 4.78 is 25.7. The van der Waals surface area contributed by atoms with Gasteiger partial charge in [0.1, 0.15) is 11.6 Å². The topological polar surface area (TPSA) is 119 Å². The van der Waals surface area contributed by atoms with Crippen LogP contribution in [0.25, 0.3) is 0 Å². The number of rotatable bonds is 6. The normalized spacial score (nSPS) is 29.9. The molecule has 2 heterocycles. The Bertz CT molecular complexity index is 621. The fourth-order valence-electron chi connectivity index (χ4n) is 3.51.